The molecule has 3 rings (SSSR count). The van der Waals surface area contributed by atoms with Gasteiger partial charge in [-0.3, -0.25) is 4.68 Å². The van der Waals surface area contributed by atoms with E-state index < -0.39 is 0 Å². The summed E-state index contributed by atoms with van der Waals surface area (Å²) >= 11 is 3.43. The van der Waals surface area contributed by atoms with Crippen LogP contribution in [0.25, 0.3) is 16.8 Å². The molecule has 0 amide bonds. The van der Waals surface area contributed by atoms with Gasteiger partial charge in [0.25, 0.3) is 0 Å². The second-order valence-corrected chi connectivity index (χ2v) is 4.94. The summed E-state index contributed by atoms with van der Waals surface area (Å²) < 4.78 is 4.17. The van der Waals surface area contributed by atoms with Crippen molar-refractivity contribution in [3.05, 3.63) is 29.1 Å². The van der Waals surface area contributed by atoms with E-state index in [9.17, 15) is 0 Å². The Hall–Kier alpha value is -1.93. The summed E-state index contributed by atoms with van der Waals surface area (Å²) in [6.45, 7) is 0.506. The molecule has 19 heavy (non-hydrogen) atoms. The molecule has 0 saturated carbocycles. The zero-order chi connectivity index (χ0) is 13.4. The minimum atomic E-state index is 0.0485. The lowest BCUT2D eigenvalue weighted by Gasteiger charge is -2.01. The van der Waals surface area contributed by atoms with Crippen molar-refractivity contribution < 1.29 is 5.11 Å². The summed E-state index contributed by atoms with van der Waals surface area (Å²) in [5.41, 5.74) is 8.07. The summed E-state index contributed by atoms with van der Waals surface area (Å²) in [6.07, 6.45) is 5.37. The van der Waals surface area contributed by atoms with E-state index in [1.807, 2.05) is 12.3 Å². The van der Waals surface area contributed by atoms with Crippen molar-refractivity contribution in [2.45, 2.75) is 6.54 Å². The highest BCUT2D eigenvalue weighted by Crippen LogP contribution is 2.27. The van der Waals surface area contributed by atoms with Gasteiger partial charge in [0.1, 0.15) is 0 Å². The molecule has 3 aromatic rings. The van der Waals surface area contributed by atoms with Crippen LogP contribution in [0.4, 0.5) is 5.95 Å². The fourth-order valence-corrected chi connectivity index (χ4v) is 2.33. The van der Waals surface area contributed by atoms with E-state index in [-0.39, 0.29) is 12.6 Å². The quantitative estimate of drug-likeness (QED) is 0.748. The summed E-state index contributed by atoms with van der Waals surface area (Å²) in [6, 6.07) is 1.93. The molecule has 0 aliphatic heterocycles. The van der Waals surface area contributed by atoms with Gasteiger partial charge in [-0.15, -0.1) is 5.10 Å². The third-order valence-corrected chi connectivity index (χ3v) is 3.12. The molecule has 0 aromatic carbocycles. The molecule has 98 valence electrons. The number of nitrogens with zero attached hydrogens (tertiary/aromatic N) is 5. The van der Waals surface area contributed by atoms with Crippen molar-refractivity contribution in [1.82, 2.24) is 24.4 Å². The molecular formula is C11H11BrN6O. The van der Waals surface area contributed by atoms with Gasteiger partial charge in [-0.2, -0.15) is 10.1 Å². The highest BCUT2D eigenvalue weighted by Gasteiger charge is 2.11. The van der Waals surface area contributed by atoms with Gasteiger partial charge in [0, 0.05) is 28.0 Å². The molecule has 0 atom stereocenters. The van der Waals surface area contributed by atoms with Crippen molar-refractivity contribution >= 4 is 27.5 Å². The van der Waals surface area contributed by atoms with Crippen LogP contribution >= 0.6 is 15.9 Å². The largest absolute Gasteiger partial charge is 0.394 e. The normalized spacial score (nSPS) is 11.3. The first kappa shape index (κ1) is 12.1. The third-order valence-electron chi connectivity index (χ3n) is 2.69. The SMILES string of the molecule is Nc1nc2c(-c3cnn(CCO)c3)cc(Br)cn2n1. The van der Waals surface area contributed by atoms with Crippen molar-refractivity contribution in [1.29, 1.82) is 0 Å². The first-order valence-electron chi connectivity index (χ1n) is 5.62. The van der Waals surface area contributed by atoms with Crippen LogP contribution in [0.15, 0.2) is 29.1 Å². The molecule has 0 spiro atoms. The Balaban J connectivity index is 2.16. The molecule has 0 saturated heterocycles. The molecular weight excluding hydrogens is 312 g/mol. The number of aromatic nitrogens is 5. The molecule has 0 bridgehead atoms. The van der Waals surface area contributed by atoms with Crippen LogP contribution in [0.3, 0.4) is 0 Å². The van der Waals surface area contributed by atoms with Crippen LogP contribution < -0.4 is 5.73 Å². The molecule has 3 aromatic heterocycles. The zero-order valence-corrected chi connectivity index (χ0v) is 11.4. The molecule has 8 heteroatoms. The molecule has 0 aliphatic carbocycles. The Morgan fingerprint density at radius 1 is 1.37 bits per heavy atom. The number of fused-ring (bicyclic) bond motifs is 1. The molecule has 0 aliphatic rings. The van der Waals surface area contributed by atoms with Crippen molar-refractivity contribution in [3.63, 3.8) is 0 Å². The number of pyridine rings is 1. The van der Waals surface area contributed by atoms with E-state index in [4.69, 9.17) is 10.8 Å². The molecule has 3 N–H and O–H groups in total. The van der Waals surface area contributed by atoms with Crippen LogP contribution in [-0.4, -0.2) is 36.1 Å². The van der Waals surface area contributed by atoms with Gasteiger partial charge < -0.3 is 10.8 Å². The number of aliphatic hydroxyl groups excluding tert-OH is 1. The number of hydrogen-bond donors (Lipinski definition) is 2. The van der Waals surface area contributed by atoms with Gasteiger partial charge in [-0.25, -0.2) is 4.52 Å². The Morgan fingerprint density at radius 2 is 2.21 bits per heavy atom. The number of nitrogen functional groups attached to an aromatic ring is 1. The predicted molar refractivity (Wildman–Crippen MR) is 73.4 cm³/mol. The lowest BCUT2D eigenvalue weighted by atomic mass is 10.1. The summed E-state index contributed by atoms with van der Waals surface area (Å²) in [7, 11) is 0. The maximum absolute atomic E-state index is 8.91. The van der Waals surface area contributed by atoms with E-state index in [1.165, 1.54) is 0 Å². The minimum Gasteiger partial charge on any atom is -0.394 e. The smallest absolute Gasteiger partial charge is 0.240 e. The van der Waals surface area contributed by atoms with Gasteiger partial charge in [-0.1, -0.05) is 0 Å². The van der Waals surface area contributed by atoms with Crippen molar-refractivity contribution in [3.8, 4) is 11.1 Å². The first-order valence-corrected chi connectivity index (χ1v) is 6.42. The third kappa shape index (κ3) is 2.20. The number of nitrogens with two attached hydrogens (primary N) is 1. The topological polar surface area (TPSA) is 94.3 Å². The van der Waals surface area contributed by atoms with E-state index in [2.05, 4.69) is 31.1 Å². The second kappa shape index (κ2) is 4.63. The maximum Gasteiger partial charge on any atom is 0.240 e. The average molecular weight is 323 g/mol. The highest BCUT2D eigenvalue weighted by atomic mass is 79.9. The maximum atomic E-state index is 8.91. The molecule has 0 unspecified atom stereocenters. The van der Waals surface area contributed by atoms with Crippen molar-refractivity contribution in [2.75, 3.05) is 12.3 Å². The fraction of sp³-hybridized carbons (Fsp3) is 0.182. The standard InChI is InChI=1S/C11H11BrN6O/c12-8-3-9(7-4-14-17(5-7)1-2-19)10-15-11(13)16-18(10)6-8/h3-6,19H,1-2H2,(H2,13,16). The lowest BCUT2D eigenvalue weighted by Crippen LogP contribution is -2.01. The van der Waals surface area contributed by atoms with Crippen LogP contribution in [0, 0.1) is 0 Å². The minimum absolute atomic E-state index is 0.0485. The lowest BCUT2D eigenvalue weighted by molar-refractivity contribution is 0.269. The van der Waals surface area contributed by atoms with Crippen LogP contribution in [0.1, 0.15) is 0 Å². The van der Waals surface area contributed by atoms with E-state index in [1.54, 1.807) is 21.6 Å². The Kier molecular flexibility index (Phi) is 2.96. The van der Waals surface area contributed by atoms with Gasteiger partial charge in [0.2, 0.25) is 5.95 Å². The Labute approximate surface area is 116 Å². The van der Waals surface area contributed by atoms with Gasteiger partial charge in [0.05, 0.1) is 19.3 Å². The molecule has 3 heterocycles. The van der Waals surface area contributed by atoms with E-state index in [0.717, 1.165) is 15.6 Å². The van der Waals surface area contributed by atoms with Crippen LogP contribution in [-0.2, 0) is 6.54 Å². The van der Waals surface area contributed by atoms with E-state index in [0.29, 0.717) is 12.2 Å². The number of halogens is 1. The van der Waals surface area contributed by atoms with Gasteiger partial charge in [0.15, 0.2) is 5.65 Å². The molecule has 0 radical (unpaired) electrons. The Bertz CT molecular complexity index is 734. The molecule has 0 fully saturated rings. The summed E-state index contributed by atoms with van der Waals surface area (Å²) in [5, 5.41) is 17.2. The van der Waals surface area contributed by atoms with Gasteiger partial charge in [-0.05, 0) is 22.0 Å². The predicted octanol–water partition coefficient (Wildman–Crippen LogP) is 0.930. The van der Waals surface area contributed by atoms with E-state index >= 15 is 0 Å². The average Bonchev–Trinajstić information content (AvgIpc) is 2.94. The highest BCUT2D eigenvalue weighted by molar-refractivity contribution is 9.10. The van der Waals surface area contributed by atoms with Crippen LogP contribution in [0.5, 0.6) is 0 Å². The number of hydrogen-bond acceptors (Lipinski definition) is 5. The summed E-state index contributed by atoms with van der Waals surface area (Å²) in [4.78, 5) is 4.21. The molecule has 7 nitrogen and oxygen atoms in total. The van der Waals surface area contributed by atoms with Crippen molar-refractivity contribution in [2.24, 2.45) is 0 Å². The monoisotopic (exact) mass is 322 g/mol. The Morgan fingerprint density at radius 3 is 3.00 bits per heavy atom. The first-order chi connectivity index (χ1) is 9.17. The number of anilines is 1. The van der Waals surface area contributed by atoms with Crippen LogP contribution in [0.2, 0.25) is 0 Å². The van der Waals surface area contributed by atoms with Gasteiger partial charge >= 0.3 is 0 Å². The fourth-order valence-electron chi connectivity index (χ4n) is 1.91. The number of rotatable bonds is 3. The second-order valence-electron chi connectivity index (χ2n) is 4.03. The summed E-state index contributed by atoms with van der Waals surface area (Å²) in [5.74, 6) is 0.224. The zero-order valence-electron chi connectivity index (χ0n) is 9.86. The number of aliphatic hydroxyl groups is 1.